The first-order valence-electron chi connectivity index (χ1n) is 10.4. The quantitative estimate of drug-likeness (QED) is 0.223. The fourth-order valence-electron chi connectivity index (χ4n) is 3.03. The van der Waals surface area contributed by atoms with Gasteiger partial charge in [0.05, 0.1) is 19.2 Å². The number of likely N-dealkylation sites (tertiary alicyclic amines) is 1. The SMILES string of the molecule is CCNC(=NCc1cccnc1OCCOC)N1CCC(NC(=O)OC(C)(C)C)C1.I. The molecule has 1 aromatic heterocycles. The number of guanidine groups is 1. The molecule has 1 saturated heterocycles. The number of halogens is 1. The highest BCUT2D eigenvalue weighted by Gasteiger charge is 2.27. The molecule has 31 heavy (non-hydrogen) atoms. The van der Waals surface area contributed by atoms with Crippen LogP contribution in [0.15, 0.2) is 23.3 Å². The van der Waals surface area contributed by atoms with Gasteiger partial charge in [-0.25, -0.2) is 14.8 Å². The molecule has 0 spiro atoms. The summed E-state index contributed by atoms with van der Waals surface area (Å²) < 4.78 is 16.1. The van der Waals surface area contributed by atoms with Crippen molar-refractivity contribution in [2.45, 2.75) is 52.3 Å². The van der Waals surface area contributed by atoms with Gasteiger partial charge >= 0.3 is 6.09 Å². The maximum atomic E-state index is 12.0. The second kappa shape index (κ2) is 13.6. The number of ether oxygens (including phenoxy) is 3. The van der Waals surface area contributed by atoms with Gasteiger partial charge in [-0.05, 0) is 40.2 Å². The highest BCUT2D eigenvalue weighted by molar-refractivity contribution is 14.0. The molecule has 1 fully saturated rings. The van der Waals surface area contributed by atoms with E-state index in [1.165, 1.54) is 0 Å². The number of pyridine rings is 1. The van der Waals surface area contributed by atoms with Crippen molar-refractivity contribution in [2.24, 2.45) is 4.99 Å². The Labute approximate surface area is 202 Å². The van der Waals surface area contributed by atoms with Gasteiger partial charge in [0, 0.05) is 38.5 Å². The molecule has 2 rings (SSSR count). The van der Waals surface area contributed by atoms with Crippen molar-refractivity contribution in [3.63, 3.8) is 0 Å². The summed E-state index contributed by atoms with van der Waals surface area (Å²) >= 11 is 0. The molecule has 2 heterocycles. The monoisotopic (exact) mass is 549 g/mol. The molecule has 0 bridgehead atoms. The first kappa shape index (κ1) is 27.2. The van der Waals surface area contributed by atoms with Gasteiger partial charge in [0.1, 0.15) is 12.2 Å². The maximum absolute atomic E-state index is 12.0. The molecule has 0 radical (unpaired) electrons. The number of hydrogen-bond acceptors (Lipinski definition) is 6. The van der Waals surface area contributed by atoms with Gasteiger partial charge in [0.2, 0.25) is 5.88 Å². The lowest BCUT2D eigenvalue weighted by Crippen LogP contribution is -2.44. The standard InChI is InChI=1S/C21H35N5O4.HI/c1-6-22-19(24-14-16-8-7-10-23-18(16)29-13-12-28-5)26-11-9-17(15-26)25-20(27)30-21(2,3)4;/h7-8,10,17H,6,9,11-15H2,1-5H3,(H,22,24)(H,25,27);1H. The van der Waals surface area contributed by atoms with E-state index in [1.807, 2.05) is 39.8 Å². The summed E-state index contributed by atoms with van der Waals surface area (Å²) in [5.74, 6) is 1.37. The first-order valence-corrected chi connectivity index (χ1v) is 10.4. The average molecular weight is 549 g/mol. The molecule has 1 unspecified atom stereocenters. The van der Waals surface area contributed by atoms with Gasteiger partial charge in [-0.2, -0.15) is 0 Å². The van der Waals surface area contributed by atoms with E-state index in [2.05, 4.69) is 20.5 Å². The number of rotatable bonds is 8. The summed E-state index contributed by atoms with van der Waals surface area (Å²) in [4.78, 5) is 23.3. The second-order valence-electron chi connectivity index (χ2n) is 8.06. The van der Waals surface area contributed by atoms with Crippen molar-refractivity contribution in [3.8, 4) is 5.88 Å². The van der Waals surface area contributed by atoms with Gasteiger partial charge in [0.25, 0.3) is 0 Å². The van der Waals surface area contributed by atoms with Crippen molar-refractivity contribution < 1.29 is 19.0 Å². The Balaban J connectivity index is 0.00000480. The van der Waals surface area contributed by atoms with Crippen molar-refractivity contribution in [3.05, 3.63) is 23.9 Å². The van der Waals surface area contributed by atoms with Gasteiger partial charge in [-0.3, -0.25) is 0 Å². The molecule has 176 valence electrons. The Hall–Kier alpha value is -1.82. The molecule has 2 N–H and O–H groups in total. The van der Waals surface area contributed by atoms with Crippen LogP contribution in [-0.2, 0) is 16.0 Å². The molecular formula is C21H36IN5O4. The van der Waals surface area contributed by atoms with Crippen molar-refractivity contribution in [2.75, 3.05) is 40.0 Å². The molecule has 1 aromatic rings. The van der Waals surface area contributed by atoms with Crippen LogP contribution in [0, 0.1) is 0 Å². The minimum atomic E-state index is -0.508. The number of nitrogens with one attached hydrogen (secondary N) is 2. The number of aromatic nitrogens is 1. The first-order chi connectivity index (χ1) is 14.3. The largest absolute Gasteiger partial charge is 0.475 e. The smallest absolute Gasteiger partial charge is 0.407 e. The molecule has 0 aliphatic carbocycles. The fraction of sp³-hybridized carbons (Fsp3) is 0.667. The van der Waals surface area contributed by atoms with Crippen LogP contribution in [0.4, 0.5) is 4.79 Å². The molecule has 0 aromatic carbocycles. The van der Waals surface area contributed by atoms with E-state index < -0.39 is 5.60 Å². The zero-order valence-electron chi connectivity index (χ0n) is 19.1. The minimum Gasteiger partial charge on any atom is -0.475 e. The van der Waals surface area contributed by atoms with Crippen LogP contribution in [0.1, 0.15) is 39.7 Å². The number of methoxy groups -OCH3 is 1. The molecule has 1 atom stereocenters. The highest BCUT2D eigenvalue weighted by atomic mass is 127. The normalized spacial score (nSPS) is 16.5. The van der Waals surface area contributed by atoms with Gasteiger partial charge < -0.3 is 29.7 Å². The predicted octanol–water partition coefficient (Wildman–Crippen LogP) is 2.79. The highest BCUT2D eigenvalue weighted by Crippen LogP contribution is 2.17. The maximum Gasteiger partial charge on any atom is 0.407 e. The van der Waals surface area contributed by atoms with E-state index in [1.54, 1.807) is 13.3 Å². The third kappa shape index (κ3) is 9.90. The van der Waals surface area contributed by atoms with Crippen LogP contribution in [0.3, 0.4) is 0 Å². The molecule has 1 aliphatic heterocycles. The summed E-state index contributed by atoms with van der Waals surface area (Å²) in [5, 5.41) is 6.28. The van der Waals surface area contributed by atoms with Gasteiger partial charge in [-0.15, -0.1) is 24.0 Å². The fourth-order valence-corrected chi connectivity index (χ4v) is 3.03. The van der Waals surface area contributed by atoms with Crippen LogP contribution in [0.25, 0.3) is 0 Å². The number of aliphatic imine (C=N–C) groups is 1. The Kier molecular flexibility index (Phi) is 11.9. The Morgan fingerprint density at radius 1 is 1.35 bits per heavy atom. The van der Waals surface area contributed by atoms with Crippen LogP contribution in [0.2, 0.25) is 0 Å². The summed E-state index contributed by atoms with van der Waals surface area (Å²) in [5.41, 5.74) is 0.400. The number of alkyl carbamates (subject to hydrolysis) is 1. The number of nitrogens with zero attached hydrogens (tertiary/aromatic N) is 3. The third-order valence-corrected chi connectivity index (χ3v) is 4.32. The Bertz CT molecular complexity index is 711. The van der Waals surface area contributed by atoms with Gasteiger partial charge in [0.15, 0.2) is 5.96 Å². The third-order valence-electron chi connectivity index (χ3n) is 4.32. The van der Waals surface area contributed by atoms with Crippen LogP contribution in [0.5, 0.6) is 5.88 Å². The molecular weight excluding hydrogens is 513 g/mol. The van der Waals surface area contributed by atoms with E-state index in [9.17, 15) is 4.79 Å². The van der Waals surface area contributed by atoms with Crippen LogP contribution in [-0.4, -0.2) is 73.5 Å². The zero-order chi connectivity index (χ0) is 22.0. The minimum absolute atomic E-state index is 0. The number of hydrogen-bond donors (Lipinski definition) is 2. The summed E-state index contributed by atoms with van der Waals surface area (Å²) in [7, 11) is 1.64. The lowest BCUT2D eigenvalue weighted by atomic mass is 10.2. The molecule has 9 nitrogen and oxygen atoms in total. The van der Waals surface area contributed by atoms with Crippen molar-refractivity contribution in [1.82, 2.24) is 20.5 Å². The molecule has 10 heteroatoms. The summed E-state index contributed by atoms with van der Waals surface area (Å²) in [6.45, 7) is 11.2. The van der Waals surface area contributed by atoms with Crippen molar-refractivity contribution in [1.29, 1.82) is 0 Å². The lowest BCUT2D eigenvalue weighted by Gasteiger charge is -2.23. The van der Waals surface area contributed by atoms with E-state index in [0.717, 1.165) is 31.0 Å². The summed E-state index contributed by atoms with van der Waals surface area (Å²) in [6, 6.07) is 3.85. The van der Waals surface area contributed by atoms with E-state index in [4.69, 9.17) is 19.2 Å². The van der Waals surface area contributed by atoms with Gasteiger partial charge in [-0.1, -0.05) is 6.07 Å². The second-order valence-corrected chi connectivity index (χ2v) is 8.06. The molecule has 0 saturated carbocycles. The lowest BCUT2D eigenvalue weighted by molar-refractivity contribution is 0.0507. The van der Waals surface area contributed by atoms with E-state index >= 15 is 0 Å². The van der Waals surface area contributed by atoms with Crippen LogP contribution < -0.4 is 15.4 Å². The summed E-state index contributed by atoms with van der Waals surface area (Å²) in [6.07, 6.45) is 2.15. The van der Waals surface area contributed by atoms with E-state index in [-0.39, 0.29) is 36.1 Å². The Morgan fingerprint density at radius 2 is 2.13 bits per heavy atom. The predicted molar refractivity (Wildman–Crippen MR) is 131 cm³/mol. The average Bonchev–Trinajstić information content (AvgIpc) is 3.13. The van der Waals surface area contributed by atoms with Crippen LogP contribution >= 0.6 is 24.0 Å². The van der Waals surface area contributed by atoms with Crippen molar-refractivity contribution >= 4 is 36.0 Å². The number of amides is 1. The Morgan fingerprint density at radius 3 is 2.81 bits per heavy atom. The number of carbonyl (C=O) groups excluding carboxylic acids is 1. The van der Waals surface area contributed by atoms with E-state index in [0.29, 0.717) is 32.2 Å². The molecule has 1 aliphatic rings. The topological polar surface area (TPSA) is 97.3 Å². The number of carbonyl (C=O) groups is 1. The molecule has 1 amide bonds. The zero-order valence-corrected chi connectivity index (χ0v) is 21.5.